The zero-order valence-corrected chi connectivity index (χ0v) is 19.8. The summed E-state index contributed by atoms with van der Waals surface area (Å²) in [6.45, 7) is 1.35. The lowest BCUT2D eigenvalue weighted by atomic mass is 9.77. The van der Waals surface area contributed by atoms with Crippen molar-refractivity contribution in [3.63, 3.8) is 0 Å². The van der Waals surface area contributed by atoms with Crippen molar-refractivity contribution in [3.05, 3.63) is 46.9 Å². The monoisotopic (exact) mass is 527 g/mol. The molecule has 0 bridgehead atoms. The third-order valence-electron chi connectivity index (χ3n) is 7.47. The highest BCUT2D eigenvalue weighted by Gasteiger charge is 2.55. The number of hydrogen-bond donors (Lipinski definition) is 2. The second kappa shape index (κ2) is 8.07. The van der Waals surface area contributed by atoms with Crippen molar-refractivity contribution in [3.8, 4) is 11.3 Å². The maximum absolute atomic E-state index is 14.3. The number of amides is 1. The molecule has 1 amide bonds. The van der Waals surface area contributed by atoms with E-state index in [2.05, 4.69) is 9.97 Å². The number of hydrogen-bond acceptors (Lipinski definition) is 5. The van der Waals surface area contributed by atoms with Crippen LogP contribution in [0, 0.1) is 5.92 Å². The van der Waals surface area contributed by atoms with Gasteiger partial charge >= 0.3 is 12.4 Å². The Morgan fingerprint density at radius 3 is 2.43 bits per heavy atom. The predicted molar refractivity (Wildman–Crippen MR) is 120 cm³/mol. The van der Waals surface area contributed by atoms with E-state index >= 15 is 0 Å². The minimum absolute atomic E-state index is 0.0299. The first-order chi connectivity index (χ1) is 17.2. The van der Waals surface area contributed by atoms with Gasteiger partial charge in [-0.3, -0.25) is 9.20 Å². The van der Waals surface area contributed by atoms with Crippen molar-refractivity contribution in [1.82, 2.24) is 19.3 Å². The van der Waals surface area contributed by atoms with Crippen LogP contribution < -0.4 is 5.73 Å². The first-order valence-electron chi connectivity index (χ1n) is 11.5. The summed E-state index contributed by atoms with van der Waals surface area (Å²) in [5.41, 5.74) is 1.31. The molecule has 0 radical (unpaired) electrons. The van der Waals surface area contributed by atoms with Gasteiger partial charge < -0.3 is 15.7 Å². The molecule has 0 saturated heterocycles. The summed E-state index contributed by atoms with van der Waals surface area (Å²) in [6, 6.07) is 2.38. The maximum Gasteiger partial charge on any atom is 0.434 e. The van der Waals surface area contributed by atoms with Crippen LogP contribution in [0.25, 0.3) is 16.9 Å². The van der Waals surface area contributed by atoms with Gasteiger partial charge in [-0.05, 0) is 55.9 Å². The minimum atomic E-state index is -4.93. The first-order valence-corrected chi connectivity index (χ1v) is 11.5. The van der Waals surface area contributed by atoms with Gasteiger partial charge in [-0.1, -0.05) is 0 Å². The highest BCUT2D eigenvalue weighted by Crippen LogP contribution is 2.47. The van der Waals surface area contributed by atoms with E-state index in [1.165, 1.54) is 17.2 Å². The Morgan fingerprint density at radius 2 is 1.86 bits per heavy atom. The van der Waals surface area contributed by atoms with E-state index in [4.69, 9.17) is 5.73 Å². The van der Waals surface area contributed by atoms with Crippen LogP contribution in [0.1, 0.15) is 53.9 Å². The summed E-state index contributed by atoms with van der Waals surface area (Å²) >= 11 is 0. The Labute approximate surface area is 206 Å². The van der Waals surface area contributed by atoms with Crippen LogP contribution in [0.3, 0.4) is 0 Å². The molecule has 37 heavy (non-hydrogen) atoms. The molecule has 198 valence electrons. The Hall–Kier alpha value is -3.35. The fraction of sp³-hybridized carbons (Fsp3) is 0.458. The lowest BCUT2D eigenvalue weighted by Crippen LogP contribution is -2.44. The molecule has 2 aliphatic rings. The van der Waals surface area contributed by atoms with Crippen LogP contribution in [-0.2, 0) is 18.1 Å². The van der Waals surface area contributed by atoms with Crippen LogP contribution in [0.4, 0.5) is 32.2 Å². The standard InChI is InChI=1S/C24H23F6N5O2/c1-11(12-3-4-12)34-8-14-5-13(6-15(18(14)21(34)37)22(2,10-36)24(28,29)30)16-7-32-20-19(31)33-17(9-35(16)20)23(25,26)27/h5-7,9,11-12,36H,3-4,8,10H2,1-2H3,(H2,31,33)/t11-,22?/m0/s1. The van der Waals surface area contributed by atoms with E-state index in [0.29, 0.717) is 11.8 Å². The number of anilines is 1. The van der Waals surface area contributed by atoms with Gasteiger partial charge in [-0.2, -0.15) is 26.3 Å². The largest absolute Gasteiger partial charge is 0.434 e. The number of fused-ring (bicyclic) bond motifs is 2. The third kappa shape index (κ3) is 3.90. The zero-order valence-electron chi connectivity index (χ0n) is 19.8. The normalized spacial score (nSPS) is 18.8. The molecular weight excluding hydrogens is 504 g/mol. The molecule has 0 spiro atoms. The molecule has 1 aliphatic heterocycles. The number of carbonyl (C=O) groups is 1. The van der Waals surface area contributed by atoms with Crippen LogP contribution in [-0.4, -0.2) is 49.1 Å². The number of imidazole rings is 1. The van der Waals surface area contributed by atoms with Gasteiger partial charge in [0.05, 0.1) is 18.5 Å². The van der Waals surface area contributed by atoms with Gasteiger partial charge in [0.2, 0.25) is 0 Å². The van der Waals surface area contributed by atoms with Crippen LogP contribution in [0.15, 0.2) is 24.5 Å². The minimum Gasteiger partial charge on any atom is -0.395 e. The Bertz CT molecular complexity index is 1410. The number of aliphatic hydroxyl groups excluding tert-OH is 1. The number of nitrogen functional groups attached to an aromatic ring is 1. The quantitative estimate of drug-likeness (QED) is 0.474. The number of benzene rings is 1. The Kier molecular flexibility index (Phi) is 5.52. The van der Waals surface area contributed by atoms with Gasteiger partial charge in [0.15, 0.2) is 17.2 Å². The summed E-state index contributed by atoms with van der Waals surface area (Å²) < 4.78 is 84.1. The number of halogens is 6. The van der Waals surface area contributed by atoms with Crippen LogP contribution in [0.2, 0.25) is 0 Å². The molecule has 7 nitrogen and oxygen atoms in total. The summed E-state index contributed by atoms with van der Waals surface area (Å²) in [6.07, 6.45) is -6.08. The predicted octanol–water partition coefficient (Wildman–Crippen LogP) is 4.56. The van der Waals surface area contributed by atoms with E-state index < -0.39 is 47.4 Å². The van der Waals surface area contributed by atoms with Crippen LogP contribution in [0.5, 0.6) is 0 Å². The second-order valence-electron chi connectivity index (χ2n) is 9.90. The number of rotatable bonds is 5. The van der Waals surface area contributed by atoms with E-state index in [9.17, 15) is 36.2 Å². The van der Waals surface area contributed by atoms with Gasteiger partial charge in [-0.15, -0.1) is 0 Å². The Morgan fingerprint density at radius 1 is 1.19 bits per heavy atom. The molecule has 5 rings (SSSR count). The molecule has 1 aliphatic carbocycles. The topological polar surface area (TPSA) is 96.8 Å². The fourth-order valence-corrected chi connectivity index (χ4v) is 4.91. The average Bonchev–Trinajstić information content (AvgIpc) is 3.49. The van der Waals surface area contributed by atoms with Crippen molar-refractivity contribution in [2.24, 2.45) is 5.92 Å². The molecule has 3 heterocycles. The van der Waals surface area contributed by atoms with Gasteiger partial charge in [-0.25, -0.2) is 9.97 Å². The molecule has 2 aromatic heterocycles. The molecule has 13 heteroatoms. The highest BCUT2D eigenvalue weighted by molar-refractivity contribution is 6.01. The van der Waals surface area contributed by atoms with Crippen LogP contribution >= 0.6 is 0 Å². The third-order valence-corrected chi connectivity index (χ3v) is 7.47. The lowest BCUT2D eigenvalue weighted by molar-refractivity contribution is -0.195. The number of alkyl halides is 6. The first kappa shape index (κ1) is 25.3. The summed E-state index contributed by atoms with van der Waals surface area (Å²) in [4.78, 5) is 22.3. The number of nitrogens with two attached hydrogens (primary N) is 1. The van der Waals surface area contributed by atoms with E-state index in [1.807, 2.05) is 6.92 Å². The van der Waals surface area contributed by atoms with E-state index in [1.54, 1.807) is 0 Å². The number of aliphatic hydroxyl groups is 1. The van der Waals surface area contributed by atoms with Crippen molar-refractivity contribution in [2.45, 2.75) is 57.0 Å². The lowest BCUT2D eigenvalue weighted by Gasteiger charge is -2.32. The summed E-state index contributed by atoms with van der Waals surface area (Å²) in [7, 11) is 0. The molecule has 3 aromatic rings. The molecule has 1 fully saturated rings. The van der Waals surface area contributed by atoms with E-state index in [0.717, 1.165) is 30.2 Å². The SMILES string of the molecule is C[C@@H](C1CC1)N1Cc2cc(-c3cnc4c(N)nc(C(F)(F)F)cn34)cc(C(C)(CO)C(F)(F)F)c2C1=O. The Balaban J connectivity index is 1.75. The second-order valence-corrected chi connectivity index (χ2v) is 9.90. The molecule has 2 atom stereocenters. The number of nitrogens with zero attached hydrogens (tertiary/aromatic N) is 4. The fourth-order valence-electron chi connectivity index (χ4n) is 4.91. The number of carbonyl (C=O) groups excluding carboxylic acids is 1. The van der Waals surface area contributed by atoms with Gasteiger partial charge in [0.1, 0.15) is 5.41 Å². The van der Waals surface area contributed by atoms with Crippen molar-refractivity contribution in [1.29, 1.82) is 0 Å². The van der Waals surface area contributed by atoms with Gasteiger partial charge in [0, 0.05) is 29.9 Å². The van der Waals surface area contributed by atoms with Gasteiger partial charge in [0.25, 0.3) is 5.91 Å². The van der Waals surface area contributed by atoms with E-state index in [-0.39, 0.29) is 41.0 Å². The summed E-state index contributed by atoms with van der Waals surface area (Å²) in [5, 5.41) is 9.91. The maximum atomic E-state index is 14.3. The molecule has 1 aromatic carbocycles. The molecular formula is C24H23F6N5O2. The number of aromatic nitrogens is 3. The zero-order chi connectivity index (χ0) is 27.1. The van der Waals surface area contributed by atoms with Crippen molar-refractivity contribution in [2.75, 3.05) is 12.3 Å². The highest BCUT2D eigenvalue weighted by atomic mass is 19.4. The molecule has 1 unspecified atom stereocenters. The van der Waals surface area contributed by atoms with Crippen molar-refractivity contribution >= 4 is 17.4 Å². The average molecular weight is 527 g/mol. The molecule has 1 saturated carbocycles. The van der Waals surface area contributed by atoms with Crippen molar-refractivity contribution < 1.29 is 36.2 Å². The molecule has 3 N–H and O–H groups in total. The summed E-state index contributed by atoms with van der Waals surface area (Å²) in [5.74, 6) is -0.813. The smallest absolute Gasteiger partial charge is 0.395 e.